The molecule has 0 aliphatic carbocycles. The zero-order valence-electron chi connectivity index (χ0n) is 18.7. The molecule has 0 saturated carbocycles. The van der Waals surface area contributed by atoms with E-state index >= 15 is 0 Å². The van der Waals surface area contributed by atoms with Crippen LogP contribution in [0.5, 0.6) is 11.5 Å². The highest BCUT2D eigenvalue weighted by Crippen LogP contribution is 2.37. The third-order valence-electron chi connectivity index (χ3n) is 5.20. The van der Waals surface area contributed by atoms with Gasteiger partial charge in [-0.3, -0.25) is 0 Å². The van der Waals surface area contributed by atoms with Gasteiger partial charge in [-0.15, -0.1) is 0 Å². The maximum Gasteiger partial charge on any atom is 0.180 e. The van der Waals surface area contributed by atoms with Crippen LogP contribution in [-0.4, -0.2) is 12.6 Å². The van der Waals surface area contributed by atoms with Gasteiger partial charge in [-0.1, -0.05) is 71.8 Å². The van der Waals surface area contributed by atoms with Gasteiger partial charge in [0, 0.05) is 12.6 Å². The monoisotopic (exact) mass is 437 g/mol. The van der Waals surface area contributed by atoms with E-state index in [0.717, 1.165) is 30.5 Å². The minimum Gasteiger partial charge on any atom is -0.490 e. The Morgan fingerprint density at radius 3 is 2.42 bits per heavy atom. The second-order valence-electron chi connectivity index (χ2n) is 7.92. The summed E-state index contributed by atoms with van der Waals surface area (Å²) < 4.78 is 11.9. The van der Waals surface area contributed by atoms with Crippen LogP contribution in [0.25, 0.3) is 0 Å². The molecular formula is C27H32ClNO2. The lowest BCUT2D eigenvalue weighted by molar-refractivity contribution is 0.269. The Kier molecular flexibility index (Phi) is 8.81. The summed E-state index contributed by atoms with van der Waals surface area (Å²) >= 11 is 6.59. The van der Waals surface area contributed by atoms with Gasteiger partial charge in [-0.05, 0) is 62.4 Å². The van der Waals surface area contributed by atoms with Crippen LogP contribution in [0, 0.1) is 6.92 Å². The maximum absolute atomic E-state index is 6.59. The summed E-state index contributed by atoms with van der Waals surface area (Å²) in [5.41, 5.74) is 4.77. The van der Waals surface area contributed by atoms with Crippen LogP contribution in [0.1, 0.15) is 42.5 Å². The topological polar surface area (TPSA) is 30.5 Å². The summed E-state index contributed by atoms with van der Waals surface area (Å²) in [4.78, 5) is 0. The average molecular weight is 438 g/mol. The van der Waals surface area contributed by atoms with Gasteiger partial charge < -0.3 is 14.8 Å². The van der Waals surface area contributed by atoms with Gasteiger partial charge in [0.05, 0.1) is 11.6 Å². The van der Waals surface area contributed by atoms with Crippen molar-refractivity contribution in [2.75, 3.05) is 6.61 Å². The quantitative estimate of drug-likeness (QED) is 0.360. The fourth-order valence-electron chi connectivity index (χ4n) is 3.51. The molecule has 0 fully saturated rings. The summed E-state index contributed by atoms with van der Waals surface area (Å²) in [6, 6.07) is 23.3. The summed E-state index contributed by atoms with van der Waals surface area (Å²) in [5.74, 6) is 1.29. The summed E-state index contributed by atoms with van der Waals surface area (Å²) in [6.45, 7) is 8.00. The van der Waals surface area contributed by atoms with Crippen LogP contribution in [-0.2, 0) is 19.6 Å². The second kappa shape index (κ2) is 11.8. The molecule has 0 aromatic heterocycles. The van der Waals surface area contributed by atoms with Gasteiger partial charge in [-0.2, -0.15) is 0 Å². The molecule has 1 atom stereocenters. The first kappa shape index (κ1) is 23.2. The second-order valence-corrected chi connectivity index (χ2v) is 8.33. The van der Waals surface area contributed by atoms with E-state index in [1.54, 1.807) is 0 Å². The number of benzene rings is 3. The predicted molar refractivity (Wildman–Crippen MR) is 129 cm³/mol. The molecular weight excluding hydrogens is 406 g/mol. The lowest BCUT2D eigenvalue weighted by Gasteiger charge is -2.17. The van der Waals surface area contributed by atoms with Gasteiger partial charge in [-0.25, -0.2) is 0 Å². The average Bonchev–Trinajstić information content (AvgIpc) is 2.76. The number of hydrogen-bond acceptors (Lipinski definition) is 3. The van der Waals surface area contributed by atoms with E-state index in [-0.39, 0.29) is 0 Å². The maximum atomic E-state index is 6.59. The highest BCUT2D eigenvalue weighted by Gasteiger charge is 2.14. The SMILES string of the molecule is CCOc1cc(CNC(C)CCc2ccccc2)cc(Cl)c1OCc1cccc(C)c1. The number of halogens is 1. The number of rotatable bonds is 11. The molecule has 0 saturated heterocycles. The summed E-state index contributed by atoms with van der Waals surface area (Å²) in [6.07, 6.45) is 2.14. The molecule has 3 nitrogen and oxygen atoms in total. The third-order valence-corrected chi connectivity index (χ3v) is 5.48. The van der Waals surface area contributed by atoms with Crippen molar-refractivity contribution in [1.29, 1.82) is 0 Å². The summed E-state index contributed by atoms with van der Waals surface area (Å²) in [7, 11) is 0. The molecule has 3 aromatic rings. The van der Waals surface area contributed by atoms with E-state index in [0.29, 0.717) is 35.8 Å². The molecule has 4 heteroatoms. The van der Waals surface area contributed by atoms with Gasteiger partial charge in [0.15, 0.2) is 11.5 Å². The predicted octanol–water partition coefficient (Wildman–Crippen LogP) is 6.74. The largest absolute Gasteiger partial charge is 0.490 e. The Morgan fingerprint density at radius 2 is 1.68 bits per heavy atom. The molecule has 1 N–H and O–H groups in total. The van der Waals surface area contributed by atoms with E-state index in [2.05, 4.69) is 67.7 Å². The van der Waals surface area contributed by atoms with Gasteiger partial charge >= 0.3 is 0 Å². The Labute approximate surface area is 191 Å². The molecule has 0 spiro atoms. The number of hydrogen-bond donors (Lipinski definition) is 1. The molecule has 0 heterocycles. The minimum absolute atomic E-state index is 0.395. The van der Waals surface area contributed by atoms with Crippen LogP contribution < -0.4 is 14.8 Å². The Bertz CT molecular complexity index is 959. The fraction of sp³-hybridized carbons (Fsp3) is 0.333. The van der Waals surface area contributed by atoms with Crippen LogP contribution in [0.2, 0.25) is 5.02 Å². The van der Waals surface area contributed by atoms with Crippen molar-refractivity contribution in [1.82, 2.24) is 5.32 Å². The third kappa shape index (κ3) is 7.30. The van der Waals surface area contributed by atoms with E-state index in [1.165, 1.54) is 11.1 Å². The van der Waals surface area contributed by atoms with E-state index in [9.17, 15) is 0 Å². The normalized spacial score (nSPS) is 11.9. The van der Waals surface area contributed by atoms with Crippen LogP contribution in [0.15, 0.2) is 66.7 Å². The highest BCUT2D eigenvalue weighted by molar-refractivity contribution is 6.32. The van der Waals surface area contributed by atoms with Crippen molar-refractivity contribution >= 4 is 11.6 Å². The lowest BCUT2D eigenvalue weighted by Crippen LogP contribution is -2.26. The zero-order valence-corrected chi connectivity index (χ0v) is 19.4. The van der Waals surface area contributed by atoms with Gasteiger partial charge in [0.25, 0.3) is 0 Å². The molecule has 0 amide bonds. The highest BCUT2D eigenvalue weighted by atomic mass is 35.5. The van der Waals surface area contributed by atoms with E-state index in [1.807, 2.05) is 25.1 Å². The molecule has 3 rings (SSSR count). The molecule has 0 bridgehead atoms. The van der Waals surface area contributed by atoms with E-state index in [4.69, 9.17) is 21.1 Å². The van der Waals surface area contributed by atoms with Crippen molar-refractivity contribution in [2.24, 2.45) is 0 Å². The Hall–Kier alpha value is -2.49. The number of nitrogens with one attached hydrogen (secondary N) is 1. The molecule has 164 valence electrons. The fourth-order valence-corrected chi connectivity index (χ4v) is 3.79. The summed E-state index contributed by atoms with van der Waals surface area (Å²) in [5, 5.41) is 4.17. The van der Waals surface area contributed by atoms with E-state index < -0.39 is 0 Å². The van der Waals surface area contributed by atoms with Crippen LogP contribution in [0.3, 0.4) is 0 Å². The first-order chi connectivity index (χ1) is 15.0. The van der Waals surface area contributed by atoms with Gasteiger partial charge in [0.1, 0.15) is 6.61 Å². The Balaban J connectivity index is 1.60. The van der Waals surface area contributed by atoms with Crippen molar-refractivity contribution in [3.63, 3.8) is 0 Å². The van der Waals surface area contributed by atoms with Gasteiger partial charge in [0.2, 0.25) is 0 Å². The van der Waals surface area contributed by atoms with Crippen molar-refractivity contribution in [3.8, 4) is 11.5 Å². The van der Waals surface area contributed by atoms with Crippen molar-refractivity contribution < 1.29 is 9.47 Å². The minimum atomic E-state index is 0.395. The Morgan fingerprint density at radius 1 is 0.903 bits per heavy atom. The van der Waals surface area contributed by atoms with Crippen LogP contribution in [0.4, 0.5) is 0 Å². The molecule has 31 heavy (non-hydrogen) atoms. The molecule has 3 aromatic carbocycles. The number of aryl methyl sites for hydroxylation is 2. The van der Waals surface area contributed by atoms with Crippen molar-refractivity contribution in [2.45, 2.75) is 52.8 Å². The zero-order chi connectivity index (χ0) is 22.1. The molecule has 1 unspecified atom stereocenters. The lowest BCUT2D eigenvalue weighted by atomic mass is 10.1. The smallest absolute Gasteiger partial charge is 0.180 e. The molecule has 0 aliphatic rings. The van der Waals surface area contributed by atoms with Crippen molar-refractivity contribution in [3.05, 3.63) is 94.0 Å². The first-order valence-electron chi connectivity index (χ1n) is 11.0. The standard InChI is InChI=1S/C27H32ClNO2/c1-4-30-26-17-24(18-29-21(3)13-14-22-10-6-5-7-11-22)16-25(28)27(26)31-19-23-12-8-9-20(2)15-23/h5-12,15-17,21,29H,4,13-14,18-19H2,1-3H3. The first-order valence-corrected chi connectivity index (χ1v) is 11.3. The molecule has 0 aliphatic heterocycles. The number of ether oxygens (including phenoxy) is 2. The molecule has 0 radical (unpaired) electrons. The van der Waals surface area contributed by atoms with Crippen LogP contribution >= 0.6 is 11.6 Å².